The van der Waals surface area contributed by atoms with Crippen molar-refractivity contribution in [2.24, 2.45) is 5.92 Å². The predicted molar refractivity (Wildman–Crippen MR) is 104 cm³/mol. The summed E-state index contributed by atoms with van der Waals surface area (Å²) in [6, 6.07) is 15.0. The standard InChI is InChI=1S/C23H25N/c1-23(2)21-6-4-3-5-19(21)20-14-11-17(15-22(20)23)8-7-16-9-12-18(24)13-10-16/h4,6-15,19,21H,3,5,24H2,1-2H3. The molecule has 2 unspecified atom stereocenters. The average molecular weight is 315 g/mol. The summed E-state index contributed by atoms with van der Waals surface area (Å²) < 4.78 is 0. The molecule has 0 aromatic heterocycles. The second-order valence-corrected chi connectivity index (χ2v) is 7.71. The minimum absolute atomic E-state index is 0.224. The largest absolute Gasteiger partial charge is 0.399 e. The first-order valence-electron chi connectivity index (χ1n) is 8.90. The SMILES string of the molecule is CC1(C)c2cc(C=Cc3ccc(N)cc3)ccc2C2CCC=CC21. The summed E-state index contributed by atoms with van der Waals surface area (Å²) in [6.07, 6.45) is 11.7. The summed E-state index contributed by atoms with van der Waals surface area (Å²) in [5, 5.41) is 0. The average Bonchev–Trinajstić information content (AvgIpc) is 2.83. The molecule has 0 saturated heterocycles. The third-order valence-corrected chi connectivity index (χ3v) is 5.83. The second kappa shape index (κ2) is 5.66. The van der Waals surface area contributed by atoms with Crippen LogP contribution in [0.5, 0.6) is 0 Å². The molecular formula is C23H25N. The Morgan fingerprint density at radius 1 is 1.00 bits per heavy atom. The van der Waals surface area contributed by atoms with Crippen LogP contribution in [-0.4, -0.2) is 0 Å². The molecule has 0 amide bonds. The lowest BCUT2D eigenvalue weighted by Gasteiger charge is -2.31. The van der Waals surface area contributed by atoms with Gasteiger partial charge in [0, 0.05) is 5.69 Å². The van der Waals surface area contributed by atoms with Gasteiger partial charge in [-0.2, -0.15) is 0 Å². The van der Waals surface area contributed by atoms with Crippen molar-refractivity contribution in [3.63, 3.8) is 0 Å². The normalized spacial score (nSPS) is 24.1. The number of hydrogen-bond donors (Lipinski definition) is 1. The van der Waals surface area contributed by atoms with Gasteiger partial charge in [0.25, 0.3) is 0 Å². The van der Waals surface area contributed by atoms with Gasteiger partial charge in [0.1, 0.15) is 0 Å². The maximum absolute atomic E-state index is 5.75. The Bertz CT molecular complexity index is 808. The Kier molecular flexibility index (Phi) is 3.60. The van der Waals surface area contributed by atoms with Crippen LogP contribution in [-0.2, 0) is 5.41 Å². The van der Waals surface area contributed by atoms with Crippen LogP contribution in [0, 0.1) is 5.92 Å². The number of nitrogens with two attached hydrogens (primary N) is 1. The highest BCUT2D eigenvalue weighted by Gasteiger charge is 2.45. The van der Waals surface area contributed by atoms with Crippen molar-refractivity contribution < 1.29 is 0 Å². The summed E-state index contributed by atoms with van der Waals surface area (Å²) in [4.78, 5) is 0. The highest BCUT2D eigenvalue weighted by atomic mass is 14.5. The number of rotatable bonds is 2. The number of anilines is 1. The van der Waals surface area contributed by atoms with E-state index in [1.54, 1.807) is 5.56 Å². The second-order valence-electron chi connectivity index (χ2n) is 7.71. The van der Waals surface area contributed by atoms with Crippen LogP contribution in [0.15, 0.2) is 54.6 Å². The number of nitrogen functional groups attached to an aromatic ring is 1. The molecule has 0 bridgehead atoms. The van der Waals surface area contributed by atoms with Crippen molar-refractivity contribution in [3.05, 3.63) is 76.9 Å². The van der Waals surface area contributed by atoms with Gasteiger partial charge in [-0.15, -0.1) is 0 Å². The maximum Gasteiger partial charge on any atom is 0.0314 e. The van der Waals surface area contributed by atoms with Gasteiger partial charge in [-0.25, -0.2) is 0 Å². The molecule has 0 spiro atoms. The molecule has 0 radical (unpaired) electrons. The van der Waals surface area contributed by atoms with E-state index in [1.807, 2.05) is 12.1 Å². The fourth-order valence-electron chi connectivity index (χ4n) is 4.46. The number of hydrogen-bond acceptors (Lipinski definition) is 1. The van der Waals surface area contributed by atoms with Crippen molar-refractivity contribution in [2.45, 2.75) is 38.0 Å². The molecule has 0 heterocycles. The Balaban J connectivity index is 1.67. The molecule has 0 saturated carbocycles. The molecule has 2 aliphatic carbocycles. The zero-order valence-electron chi connectivity index (χ0n) is 14.5. The van der Waals surface area contributed by atoms with Gasteiger partial charge in [0.15, 0.2) is 0 Å². The fourth-order valence-corrected chi connectivity index (χ4v) is 4.46. The van der Waals surface area contributed by atoms with Crippen molar-refractivity contribution >= 4 is 17.8 Å². The van der Waals surface area contributed by atoms with Crippen molar-refractivity contribution in [1.29, 1.82) is 0 Å². The molecular weight excluding hydrogens is 290 g/mol. The first-order valence-corrected chi connectivity index (χ1v) is 8.90. The summed E-state index contributed by atoms with van der Waals surface area (Å²) in [5.74, 6) is 1.35. The highest BCUT2D eigenvalue weighted by molar-refractivity contribution is 5.71. The molecule has 2 aromatic carbocycles. The Labute approximate surface area is 144 Å². The monoisotopic (exact) mass is 315 g/mol. The molecule has 24 heavy (non-hydrogen) atoms. The zero-order valence-corrected chi connectivity index (χ0v) is 14.5. The van der Waals surface area contributed by atoms with Gasteiger partial charge >= 0.3 is 0 Å². The number of fused-ring (bicyclic) bond motifs is 3. The van der Waals surface area contributed by atoms with Crippen LogP contribution in [0.1, 0.15) is 54.9 Å². The Hall–Kier alpha value is -2.28. The van der Waals surface area contributed by atoms with Crippen LogP contribution >= 0.6 is 0 Å². The van der Waals surface area contributed by atoms with E-state index in [0.29, 0.717) is 11.8 Å². The van der Waals surface area contributed by atoms with Gasteiger partial charge in [-0.05, 0) is 64.5 Å². The van der Waals surface area contributed by atoms with E-state index in [-0.39, 0.29) is 5.41 Å². The molecule has 2 aromatic rings. The predicted octanol–water partition coefficient (Wildman–Crippen LogP) is 5.78. The lowest BCUT2D eigenvalue weighted by atomic mass is 9.73. The number of allylic oxidation sites excluding steroid dienone is 2. The highest BCUT2D eigenvalue weighted by Crippen LogP contribution is 2.54. The summed E-state index contributed by atoms with van der Waals surface area (Å²) >= 11 is 0. The van der Waals surface area contributed by atoms with Crippen LogP contribution < -0.4 is 5.73 Å². The number of benzene rings is 2. The summed E-state index contributed by atoms with van der Waals surface area (Å²) in [7, 11) is 0. The topological polar surface area (TPSA) is 26.0 Å². The zero-order chi connectivity index (χ0) is 16.7. The smallest absolute Gasteiger partial charge is 0.0314 e. The minimum atomic E-state index is 0.224. The fraction of sp³-hybridized carbons (Fsp3) is 0.304. The molecule has 2 N–H and O–H groups in total. The van der Waals surface area contributed by atoms with Gasteiger partial charge in [0.2, 0.25) is 0 Å². The first kappa shape index (κ1) is 15.3. The first-order chi connectivity index (χ1) is 11.6. The van der Waals surface area contributed by atoms with Gasteiger partial charge in [0.05, 0.1) is 0 Å². The van der Waals surface area contributed by atoms with Crippen molar-refractivity contribution in [1.82, 2.24) is 0 Å². The van der Waals surface area contributed by atoms with E-state index in [1.165, 1.54) is 29.5 Å². The van der Waals surface area contributed by atoms with Crippen LogP contribution in [0.3, 0.4) is 0 Å². The molecule has 0 aliphatic heterocycles. The van der Waals surface area contributed by atoms with Crippen molar-refractivity contribution in [3.8, 4) is 0 Å². The van der Waals surface area contributed by atoms with Crippen LogP contribution in [0.2, 0.25) is 0 Å². The van der Waals surface area contributed by atoms with E-state index < -0.39 is 0 Å². The minimum Gasteiger partial charge on any atom is -0.399 e. The quantitative estimate of drug-likeness (QED) is 0.424. The lowest BCUT2D eigenvalue weighted by molar-refractivity contribution is 0.347. The lowest BCUT2D eigenvalue weighted by Crippen LogP contribution is -2.25. The van der Waals surface area contributed by atoms with E-state index >= 15 is 0 Å². The van der Waals surface area contributed by atoms with E-state index in [4.69, 9.17) is 5.73 Å². The molecule has 4 rings (SSSR count). The van der Waals surface area contributed by atoms with Gasteiger partial charge in [-0.1, -0.05) is 68.5 Å². The van der Waals surface area contributed by atoms with E-state index in [9.17, 15) is 0 Å². The van der Waals surface area contributed by atoms with Gasteiger partial charge in [-0.3, -0.25) is 0 Å². The molecule has 2 atom stereocenters. The molecule has 2 aliphatic rings. The molecule has 1 heteroatoms. The van der Waals surface area contributed by atoms with Gasteiger partial charge < -0.3 is 5.73 Å². The third-order valence-electron chi connectivity index (χ3n) is 5.83. The van der Waals surface area contributed by atoms with Crippen LogP contribution in [0.4, 0.5) is 5.69 Å². The van der Waals surface area contributed by atoms with Crippen LogP contribution in [0.25, 0.3) is 12.2 Å². The third kappa shape index (κ3) is 2.49. The Morgan fingerprint density at radius 2 is 1.71 bits per heavy atom. The molecule has 0 fully saturated rings. The summed E-state index contributed by atoms with van der Waals surface area (Å²) in [5.41, 5.74) is 12.3. The molecule has 122 valence electrons. The Morgan fingerprint density at radius 3 is 2.50 bits per heavy atom. The van der Waals surface area contributed by atoms with E-state index in [0.717, 1.165) is 5.69 Å². The molecule has 1 nitrogen and oxygen atoms in total. The van der Waals surface area contributed by atoms with Crippen molar-refractivity contribution in [2.75, 3.05) is 5.73 Å². The van der Waals surface area contributed by atoms with E-state index in [2.05, 4.69) is 68.5 Å². The maximum atomic E-state index is 5.75. The summed E-state index contributed by atoms with van der Waals surface area (Å²) in [6.45, 7) is 4.80.